The molecule has 88 valence electrons. The minimum atomic E-state index is -0.320. The lowest BCUT2D eigenvalue weighted by atomic mass is 10.1. The summed E-state index contributed by atoms with van der Waals surface area (Å²) in [4.78, 5) is 15.9. The Morgan fingerprint density at radius 1 is 1.24 bits per heavy atom. The van der Waals surface area contributed by atoms with E-state index in [2.05, 4.69) is 23.6 Å². The van der Waals surface area contributed by atoms with E-state index in [-0.39, 0.29) is 5.97 Å². The Kier molecular flexibility index (Phi) is 3.09. The molecule has 0 saturated carbocycles. The van der Waals surface area contributed by atoms with E-state index >= 15 is 0 Å². The van der Waals surface area contributed by atoms with Crippen molar-refractivity contribution in [3.63, 3.8) is 0 Å². The van der Waals surface area contributed by atoms with Gasteiger partial charge in [-0.2, -0.15) is 0 Å². The molecule has 1 heterocycles. The second-order valence-corrected chi connectivity index (χ2v) is 4.29. The summed E-state index contributed by atoms with van der Waals surface area (Å²) in [5, 5.41) is 0.956. The maximum atomic E-state index is 11.4. The molecule has 0 atom stereocenters. The molecular formula is C14H15NO2. The molecule has 0 fully saturated rings. The monoisotopic (exact) mass is 229 g/mol. The topological polar surface area (TPSA) is 39.2 Å². The first kappa shape index (κ1) is 11.6. The molecule has 2 rings (SSSR count). The van der Waals surface area contributed by atoms with Crippen LogP contribution in [0.15, 0.2) is 30.3 Å². The van der Waals surface area contributed by atoms with Gasteiger partial charge in [-0.1, -0.05) is 19.9 Å². The minimum Gasteiger partial charge on any atom is -0.465 e. The van der Waals surface area contributed by atoms with Gasteiger partial charge in [0.05, 0.1) is 18.2 Å². The number of rotatable bonds is 2. The number of esters is 1. The summed E-state index contributed by atoms with van der Waals surface area (Å²) >= 11 is 0. The maximum absolute atomic E-state index is 11.4. The molecule has 17 heavy (non-hydrogen) atoms. The molecule has 0 radical (unpaired) electrons. The van der Waals surface area contributed by atoms with Crippen LogP contribution < -0.4 is 0 Å². The highest BCUT2D eigenvalue weighted by atomic mass is 16.5. The molecule has 0 saturated heterocycles. The number of pyridine rings is 1. The van der Waals surface area contributed by atoms with E-state index in [1.54, 1.807) is 12.1 Å². The number of carbonyl (C=O) groups is 1. The van der Waals surface area contributed by atoms with E-state index in [1.165, 1.54) is 7.11 Å². The van der Waals surface area contributed by atoms with Gasteiger partial charge in [0.2, 0.25) is 0 Å². The second kappa shape index (κ2) is 4.53. The number of fused-ring (bicyclic) bond motifs is 1. The number of carbonyl (C=O) groups excluding carboxylic acids is 1. The number of methoxy groups -OCH3 is 1. The molecule has 0 aliphatic rings. The van der Waals surface area contributed by atoms with Crippen molar-refractivity contribution < 1.29 is 9.53 Å². The SMILES string of the molecule is COC(=O)c1ccc2nc(C(C)C)ccc2c1. The fourth-order valence-corrected chi connectivity index (χ4v) is 1.71. The van der Waals surface area contributed by atoms with E-state index < -0.39 is 0 Å². The van der Waals surface area contributed by atoms with Crippen molar-refractivity contribution in [2.45, 2.75) is 19.8 Å². The van der Waals surface area contributed by atoms with Gasteiger partial charge in [-0.25, -0.2) is 4.79 Å². The van der Waals surface area contributed by atoms with Crippen molar-refractivity contribution in [1.82, 2.24) is 4.98 Å². The van der Waals surface area contributed by atoms with Crippen LogP contribution in [-0.2, 0) is 4.74 Å². The van der Waals surface area contributed by atoms with Gasteiger partial charge in [0, 0.05) is 11.1 Å². The third kappa shape index (κ3) is 2.28. The largest absolute Gasteiger partial charge is 0.465 e. The minimum absolute atomic E-state index is 0.320. The molecule has 0 spiro atoms. The van der Waals surface area contributed by atoms with Crippen LogP contribution in [-0.4, -0.2) is 18.1 Å². The summed E-state index contributed by atoms with van der Waals surface area (Å²) in [6.07, 6.45) is 0. The number of aromatic nitrogens is 1. The second-order valence-electron chi connectivity index (χ2n) is 4.29. The van der Waals surface area contributed by atoms with Crippen LogP contribution in [0.2, 0.25) is 0 Å². The lowest BCUT2D eigenvalue weighted by Gasteiger charge is -2.06. The number of ether oxygens (including phenoxy) is 1. The van der Waals surface area contributed by atoms with Crippen LogP contribution >= 0.6 is 0 Å². The van der Waals surface area contributed by atoms with Gasteiger partial charge in [-0.05, 0) is 30.2 Å². The molecule has 0 aliphatic heterocycles. The fourth-order valence-electron chi connectivity index (χ4n) is 1.71. The van der Waals surface area contributed by atoms with Crippen molar-refractivity contribution in [3.05, 3.63) is 41.6 Å². The number of nitrogens with zero attached hydrogens (tertiary/aromatic N) is 1. The molecular weight excluding hydrogens is 214 g/mol. The Balaban J connectivity index is 2.50. The first-order chi connectivity index (χ1) is 8.11. The van der Waals surface area contributed by atoms with E-state index in [9.17, 15) is 4.79 Å². The van der Waals surface area contributed by atoms with Gasteiger partial charge < -0.3 is 4.74 Å². The lowest BCUT2D eigenvalue weighted by molar-refractivity contribution is 0.0601. The Morgan fingerprint density at radius 3 is 2.65 bits per heavy atom. The van der Waals surface area contributed by atoms with Crippen molar-refractivity contribution in [1.29, 1.82) is 0 Å². The van der Waals surface area contributed by atoms with Gasteiger partial charge in [0.25, 0.3) is 0 Å². The summed E-state index contributed by atoms with van der Waals surface area (Å²) in [5.74, 6) is 0.0829. The van der Waals surface area contributed by atoms with Crippen LogP contribution in [0.25, 0.3) is 10.9 Å². The van der Waals surface area contributed by atoms with Crippen LogP contribution in [0.1, 0.15) is 35.8 Å². The molecule has 0 bridgehead atoms. The summed E-state index contributed by atoms with van der Waals surface area (Å²) < 4.78 is 4.69. The number of hydrogen-bond acceptors (Lipinski definition) is 3. The van der Waals surface area contributed by atoms with Gasteiger partial charge >= 0.3 is 5.97 Å². The van der Waals surface area contributed by atoms with E-state index in [1.807, 2.05) is 18.2 Å². The predicted octanol–water partition coefficient (Wildman–Crippen LogP) is 3.14. The molecule has 0 N–H and O–H groups in total. The van der Waals surface area contributed by atoms with Crippen LogP contribution in [0.3, 0.4) is 0 Å². The highest BCUT2D eigenvalue weighted by Gasteiger charge is 2.07. The van der Waals surface area contributed by atoms with Gasteiger partial charge in [0.1, 0.15) is 0 Å². The van der Waals surface area contributed by atoms with Crippen molar-refractivity contribution in [3.8, 4) is 0 Å². The summed E-state index contributed by atoms with van der Waals surface area (Å²) in [5.41, 5.74) is 2.52. The normalized spacial score (nSPS) is 10.8. The Hall–Kier alpha value is -1.90. The third-order valence-electron chi connectivity index (χ3n) is 2.72. The van der Waals surface area contributed by atoms with Gasteiger partial charge in [-0.15, -0.1) is 0 Å². The molecule has 0 amide bonds. The maximum Gasteiger partial charge on any atom is 0.337 e. The Bertz CT molecular complexity index is 561. The lowest BCUT2D eigenvalue weighted by Crippen LogP contribution is -2.01. The van der Waals surface area contributed by atoms with E-state index in [4.69, 9.17) is 0 Å². The smallest absolute Gasteiger partial charge is 0.337 e. The predicted molar refractivity (Wildman–Crippen MR) is 67.2 cm³/mol. The Morgan fingerprint density at radius 2 is 2.00 bits per heavy atom. The standard InChI is InChI=1S/C14H15NO2/c1-9(2)12-6-4-10-8-11(14(16)17-3)5-7-13(10)15-12/h4-9H,1-3H3. The first-order valence-electron chi connectivity index (χ1n) is 5.61. The van der Waals surface area contributed by atoms with Gasteiger partial charge in [0.15, 0.2) is 0 Å². The molecule has 0 unspecified atom stereocenters. The number of benzene rings is 1. The van der Waals surface area contributed by atoms with E-state index in [0.29, 0.717) is 11.5 Å². The molecule has 2 aromatic rings. The number of hydrogen-bond donors (Lipinski definition) is 0. The average molecular weight is 229 g/mol. The highest BCUT2D eigenvalue weighted by molar-refractivity contribution is 5.94. The van der Waals surface area contributed by atoms with Crippen molar-refractivity contribution in [2.24, 2.45) is 0 Å². The zero-order valence-corrected chi connectivity index (χ0v) is 10.2. The fraction of sp³-hybridized carbons (Fsp3) is 0.286. The molecule has 3 heteroatoms. The first-order valence-corrected chi connectivity index (χ1v) is 5.61. The molecule has 1 aromatic heterocycles. The molecule has 0 aliphatic carbocycles. The highest BCUT2D eigenvalue weighted by Crippen LogP contribution is 2.19. The Labute approximate surface area is 100 Å². The van der Waals surface area contributed by atoms with Gasteiger partial charge in [-0.3, -0.25) is 4.98 Å². The summed E-state index contributed by atoms with van der Waals surface area (Å²) in [6.45, 7) is 4.22. The van der Waals surface area contributed by atoms with Crippen LogP contribution in [0, 0.1) is 0 Å². The average Bonchev–Trinajstić information content (AvgIpc) is 2.36. The van der Waals surface area contributed by atoms with Crippen LogP contribution in [0.5, 0.6) is 0 Å². The molecule has 3 nitrogen and oxygen atoms in total. The van der Waals surface area contributed by atoms with Crippen molar-refractivity contribution >= 4 is 16.9 Å². The molecule has 1 aromatic carbocycles. The van der Waals surface area contributed by atoms with Crippen molar-refractivity contribution in [2.75, 3.05) is 7.11 Å². The quantitative estimate of drug-likeness (QED) is 0.742. The third-order valence-corrected chi connectivity index (χ3v) is 2.72. The van der Waals surface area contributed by atoms with Crippen LogP contribution in [0.4, 0.5) is 0 Å². The van der Waals surface area contributed by atoms with E-state index in [0.717, 1.165) is 16.6 Å². The summed E-state index contributed by atoms with van der Waals surface area (Å²) in [7, 11) is 1.38. The summed E-state index contributed by atoms with van der Waals surface area (Å²) in [6, 6.07) is 9.38. The zero-order chi connectivity index (χ0) is 12.4. The zero-order valence-electron chi connectivity index (χ0n) is 10.2.